The lowest BCUT2D eigenvalue weighted by Gasteiger charge is -2.18. The number of hydrazine groups is 1. The van der Waals surface area contributed by atoms with Crippen molar-refractivity contribution in [1.82, 2.24) is 10.9 Å². The van der Waals surface area contributed by atoms with Crippen molar-refractivity contribution < 1.29 is 22.8 Å². The molecule has 2 aromatic carbocycles. The van der Waals surface area contributed by atoms with Crippen LogP contribution in [-0.4, -0.2) is 18.0 Å². The summed E-state index contributed by atoms with van der Waals surface area (Å²) >= 11 is 20.8. The maximum atomic E-state index is 13.6. The molecule has 2 N–H and O–H groups in total. The summed E-state index contributed by atoms with van der Waals surface area (Å²) in [5.41, 5.74) is 4.91. The molecule has 0 aliphatic heterocycles. The number of benzene rings is 2. The zero-order valence-corrected chi connectivity index (χ0v) is 19.6. The van der Waals surface area contributed by atoms with Crippen LogP contribution in [0.5, 0.6) is 0 Å². The molecule has 0 aliphatic rings. The van der Waals surface area contributed by atoms with Crippen molar-refractivity contribution in [2.75, 3.05) is 0 Å². The van der Waals surface area contributed by atoms with Crippen LogP contribution < -0.4 is 10.9 Å². The lowest BCUT2D eigenvalue weighted by molar-refractivity contribution is -0.139. The minimum Gasteiger partial charge on any atom is -0.273 e. The Labute approximate surface area is 199 Å². The van der Waals surface area contributed by atoms with E-state index in [0.29, 0.717) is 10.0 Å². The number of alkyl halides is 3. The van der Waals surface area contributed by atoms with Crippen molar-refractivity contribution in [2.45, 2.75) is 25.4 Å². The van der Waals surface area contributed by atoms with Crippen LogP contribution in [0.3, 0.4) is 0 Å². The molecule has 0 aromatic heterocycles. The lowest BCUT2D eigenvalue weighted by atomic mass is 9.97. The van der Waals surface area contributed by atoms with E-state index in [4.69, 9.17) is 34.8 Å². The van der Waals surface area contributed by atoms with E-state index in [1.54, 1.807) is 6.92 Å². The third kappa shape index (κ3) is 6.87. The predicted molar refractivity (Wildman–Crippen MR) is 119 cm³/mol. The summed E-state index contributed by atoms with van der Waals surface area (Å²) in [5, 5.41) is -0.190. The van der Waals surface area contributed by atoms with E-state index in [9.17, 15) is 22.8 Å². The van der Waals surface area contributed by atoms with Crippen LogP contribution in [-0.2, 0) is 4.79 Å². The monoisotopic (exact) mass is 556 g/mol. The minimum absolute atomic E-state index is 0.0232. The number of hydrogen-bond acceptors (Lipinski definition) is 2. The van der Waals surface area contributed by atoms with Crippen molar-refractivity contribution in [2.24, 2.45) is 0 Å². The molecule has 4 nitrogen and oxygen atoms in total. The Kier molecular flexibility index (Phi) is 8.83. The van der Waals surface area contributed by atoms with E-state index >= 15 is 0 Å². The Balaban J connectivity index is 2.28. The van der Waals surface area contributed by atoms with Gasteiger partial charge < -0.3 is 0 Å². The van der Waals surface area contributed by atoms with Crippen molar-refractivity contribution in [3.63, 3.8) is 0 Å². The topological polar surface area (TPSA) is 58.2 Å². The molecule has 0 aliphatic carbocycles. The van der Waals surface area contributed by atoms with Crippen LogP contribution >= 0.6 is 50.7 Å². The van der Waals surface area contributed by atoms with Gasteiger partial charge in [-0.05, 0) is 51.3 Å². The molecular weight excluding hydrogens is 543 g/mol. The third-order valence-electron chi connectivity index (χ3n) is 4.07. The van der Waals surface area contributed by atoms with Crippen LogP contribution in [0.1, 0.15) is 40.7 Å². The van der Waals surface area contributed by atoms with Crippen molar-refractivity contribution in [3.05, 3.63) is 72.6 Å². The average molecular weight is 559 g/mol. The first kappa shape index (κ1) is 25.5. The number of allylic oxidation sites excluding steroid dienone is 1. The van der Waals surface area contributed by atoms with E-state index in [2.05, 4.69) is 26.8 Å². The fourth-order valence-corrected chi connectivity index (χ4v) is 3.66. The Hall–Kier alpha value is -1.74. The molecule has 0 radical (unpaired) electrons. The molecule has 0 bridgehead atoms. The first-order chi connectivity index (χ1) is 14.4. The maximum Gasteiger partial charge on any atom is 0.399 e. The van der Waals surface area contributed by atoms with Gasteiger partial charge in [0, 0.05) is 10.9 Å². The SMILES string of the molecule is CCC(=O)NNC(=O)c1ccc(/C=C/C(c2cc(Cl)c(Cl)c(Cl)c2)C(F)(F)F)cc1Br. The molecule has 0 fully saturated rings. The lowest BCUT2D eigenvalue weighted by Crippen LogP contribution is -2.41. The van der Waals surface area contributed by atoms with Crippen LogP contribution in [0.4, 0.5) is 13.2 Å². The summed E-state index contributed by atoms with van der Waals surface area (Å²) in [6.07, 6.45) is -2.19. The number of halogens is 7. The van der Waals surface area contributed by atoms with Crippen molar-refractivity contribution >= 4 is 68.6 Å². The Bertz CT molecular complexity index is 1010. The van der Waals surface area contributed by atoms with E-state index in [1.165, 1.54) is 24.3 Å². The Morgan fingerprint density at radius 2 is 1.71 bits per heavy atom. The van der Waals surface area contributed by atoms with E-state index < -0.39 is 18.0 Å². The summed E-state index contributed by atoms with van der Waals surface area (Å²) in [6, 6.07) is 6.59. The second-order valence-electron chi connectivity index (χ2n) is 6.27. The van der Waals surface area contributed by atoms with Gasteiger partial charge in [-0.2, -0.15) is 13.2 Å². The van der Waals surface area contributed by atoms with Crippen LogP contribution in [0.2, 0.25) is 15.1 Å². The first-order valence-electron chi connectivity index (χ1n) is 8.72. The quantitative estimate of drug-likeness (QED) is 0.309. The Morgan fingerprint density at radius 3 is 2.23 bits per heavy atom. The van der Waals surface area contributed by atoms with Crippen LogP contribution in [0.25, 0.3) is 6.08 Å². The number of carbonyl (C=O) groups excluding carboxylic acids is 2. The van der Waals surface area contributed by atoms with Gasteiger partial charge in [-0.25, -0.2) is 0 Å². The molecule has 2 aromatic rings. The number of rotatable bonds is 5. The molecule has 0 saturated carbocycles. The standard InChI is InChI=1S/C20H15BrCl3F3N2O2/c1-2-17(30)28-29-19(31)12-5-3-10(7-14(12)21)4-6-13(20(25,26)27)11-8-15(22)18(24)16(23)9-11/h3-9,13H,2H2,1H3,(H,28,30)(H,29,31)/b6-4+. The summed E-state index contributed by atoms with van der Waals surface area (Å²) in [7, 11) is 0. The van der Waals surface area contributed by atoms with Gasteiger partial charge in [-0.15, -0.1) is 0 Å². The molecule has 0 saturated heterocycles. The zero-order valence-electron chi connectivity index (χ0n) is 15.8. The molecule has 11 heteroatoms. The average Bonchev–Trinajstić information content (AvgIpc) is 2.69. The highest BCUT2D eigenvalue weighted by Crippen LogP contribution is 2.41. The molecule has 0 spiro atoms. The van der Waals surface area contributed by atoms with Gasteiger partial charge in [0.05, 0.1) is 26.5 Å². The molecular formula is C20H15BrCl3F3N2O2. The van der Waals surface area contributed by atoms with Crippen LogP contribution in [0.15, 0.2) is 40.9 Å². The molecule has 2 amide bonds. The summed E-state index contributed by atoms with van der Waals surface area (Å²) < 4.78 is 41.2. The van der Waals surface area contributed by atoms with Gasteiger partial charge in [-0.3, -0.25) is 20.4 Å². The summed E-state index contributed by atoms with van der Waals surface area (Å²) in [6.45, 7) is 1.62. The highest BCUT2D eigenvalue weighted by atomic mass is 79.9. The first-order valence-corrected chi connectivity index (χ1v) is 10.6. The van der Waals surface area contributed by atoms with Gasteiger partial charge in [-0.1, -0.05) is 59.9 Å². The van der Waals surface area contributed by atoms with Gasteiger partial charge in [0.1, 0.15) is 0 Å². The molecule has 166 valence electrons. The minimum atomic E-state index is -4.61. The second-order valence-corrected chi connectivity index (χ2v) is 8.32. The van der Waals surface area contributed by atoms with Crippen molar-refractivity contribution in [1.29, 1.82) is 0 Å². The number of nitrogens with one attached hydrogen (secondary N) is 2. The fraction of sp³-hybridized carbons (Fsp3) is 0.200. The van der Waals surface area contributed by atoms with Gasteiger partial charge in [0.2, 0.25) is 5.91 Å². The van der Waals surface area contributed by atoms with Gasteiger partial charge >= 0.3 is 6.18 Å². The molecule has 2 rings (SSSR count). The maximum absolute atomic E-state index is 13.6. The van der Waals surface area contributed by atoms with Gasteiger partial charge in [0.15, 0.2) is 0 Å². The third-order valence-corrected chi connectivity index (χ3v) is 5.93. The van der Waals surface area contributed by atoms with E-state index in [1.807, 2.05) is 0 Å². The number of hydrogen-bond donors (Lipinski definition) is 2. The summed E-state index contributed by atoms with van der Waals surface area (Å²) in [5.74, 6) is -2.93. The second kappa shape index (κ2) is 10.7. The molecule has 31 heavy (non-hydrogen) atoms. The fourth-order valence-electron chi connectivity index (χ4n) is 2.47. The molecule has 1 unspecified atom stereocenters. The Morgan fingerprint density at radius 1 is 1.10 bits per heavy atom. The summed E-state index contributed by atoms with van der Waals surface area (Å²) in [4.78, 5) is 23.3. The molecule has 1 atom stereocenters. The van der Waals surface area contributed by atoms with E-state index in [-0.39, 0.29) is 38.5 Å². The number of carbonyl (C=O) groups is 2. The largest absolute Gasteiger partial charge is 0.399 e. The predicted octanol–water partition coefficient (Wildman–Crippen LogP) is 6.94. The van der Waals surface area contributed by atoms with Gasteiger partial charge in [0.25, 0.3) is 5.91 Å². The number of amides is 2. The highest BCUT2D eigenvalue weighted by Gasteiger charge is 2.39. The van der Waals surface area contributed by atoms with Crippen LogP contribution in [0, 0.1) is 0 Å². The highest BCUT2D eigenvalue weighted by molar-refractivity contribution is 9.10. The molecule has 0 heterocycles. The zero-order chi connectivity index (χ0) is 23.3. The smallest absolute Gasteiger partial charge is 0.273 e. The normalized spacial score (nSPS) is 12.6. The van der Waals surface area contributed by atoms with E-state index in [0.717, 1.165) is 18.2 Å². The van der Waals surface area contributed by atoms with Crippen molar-refractivity contribution in [3.8, 4) is 0 Å².